The number of benzene rings is 2. The van der Waals surface area contributed by atoms with Crippen LogP contribution < -0.4 is 20.3 Å². The summed E-state index contributed by atoms with van der Waals surface area (Å²) in [6, 6.07) is 11.0. The van der Waals surface area contributed by atoms with Gasteiger partial charge in [-0.25, -0.2) is 9.59 Å². The number of nitrogens with one attached hydrogen (secondary N) is 2. The number of nitrogens with zero attached hydrogens (tertiary/aromatic N) is 1. The van der Waals surface area contributed by atoms with E-state index in [1.165, 1.54) is 12.1 Å². The Labute approximate surface area is 168 Å². The molecule has 29 heavy (non-hydrogen) atoms. The molecule has 1 heterocycles. The van der Waals surface area contributed by atoms with Crippen molar-refractivity contribution in [1.82, 2.24) is 5.32 Å². The lowest BCUT2D eigenvalue weighted by Gasteiger charge is -2.28. The third-order valence-corrected chi connectivity index (χ3v) is 4.70. The van der Waals surface area contributed by atoms with Crippen LogP contribution in [0.25, 0.3) is 0 Å². The number of anilines is 2. The Balaban J connectivity index is 1.64. The highest BCUT2D eigenvalue weighted by Gasteiger charge is 2.23. The van der Waals surface area contributed by atoms with Crippen molar-refractivity contribution in [3.63, 3.8) is 0 Å². The summed E-state index contributed by atoms with van der Waals surface area (Å²) in [6.07, 6.45) is 2.31. The molecule has 8 nitrogen and oxygen atoms in total. The van der Waals surface area contributed by atoms with Gasteiger partial charge in [-0.2, -0.15) is 0 Å². The van der Waals surface area contributed by atoms with E-state index in [9.17, 15) is 14.4 Å². The third-order valence-electron chi connectivity index (χ3n) is 4.70. The molecule has 3 amide bonds. The molecule has 0 bridgehead atoms. The second kappa shape index (κ2) is 9.09. The van der Waals surface area contributed by atoms with Crippen LogP contribution in [0.5, 0.6) is 5.75 Å². The Morgan fingerprint density at radius 1 is 1.14 bits per heavy atom. The lowest BCUT2D eigenvalue weighted by molar-refractivity contribution is -0.119. The van der Waals surface area contributed by atoms with Crippen LogP contribution in [0.1, 0.15) is 35.2 Å². The summed E-state index contributed by atoms with van der Waals surface area (Å²) in [4.78, 5) is 37.1. The van der Waals surface area contributed by atoms with E-state index in [2.05, 4.69) is 10.6 Å². The molecule has 0 unspecified atom stereocenters. The van der Waals surface area contributed by atoms with Crippen molar-refractivity contribution < 1.29 is 24.2 Å². The van der Waals surface area contributed by atoms with Crippen molar-refractivity contribution in [2.75, 3.05) is 23.9 Å². The number of hydrogen-bond acceptors (Lipinski definition) is 4. The number of methoxy groups -OCH3 is 1. The molecule has 0 radical (unpaired) electrons. The molecule has 0 aromatic heterocycles. The fourth-order valence-electron chi connectivity index (χ4n) is 3.16. The highest BCUT2D eigenvalue weighted by atomic mass is 16.5. The predicted molar refractivity (Wildman–Crippen MR) is 108 cm³/mol. The van der Waals surface area contributed by atoms with Crippen LogP contribution in [-0.2, 0) is 11.3 Å². The van der Waals surface area contributed by atoms with Gasteiger partial charge < -0.3 is 25.4 Å². The van der Waals surface area contributed by atoms with Crippen LogP contribution in [0.2, 0.25) is 0 Å². The van der Waals surface area contributed by atoms with E-state index in [0.29, 0.717) is 30.1 Å². The van der Waals surface area contributed by atoms with Gasteiger partial charge in [0.15, 0.2) is 0 Å². The number of piperidine rings is 1. The molecule has 2 aromatic carbocycles. The molecule has 2 aromatic rings. The summed E-state index contributed by atoms with van der Waals surface area (Å²) in [5.41, 5.74) is 2.15. The summed E-state index contributed by atoms with van der Waals surface area (Å²) in [5, 5.41) is 14.4. The second-order valence-corrected chi connectivity index (χ2v) is 6.70. The standard InChI is InChI=1S/C21H23N3O5/c1-29-18-10-9-16(12-17(18)24-11-3-2-4-19(24)25)23-21(28)22-13-14-5-7-15(8-6-14)20(26)27/h5-10,12H,2-4,11,13H2,1H3,(H,26,27)(H2,22,23,28). The molecule has 152 valence electrons. The molecule has 1 fully saturated rings. The minimum atomic E-state index is -0.996. The summed E-state index contributed by atoms with van der Waals surface area (Å²) < 4.78 is 5.37. The van der Waals surface area contributed by atoms with Crippen molar-refractivity contribution in [3.8, 4) is 5.75 Å². The van der Waals surface area contributed by atoms with Gasteiger partial charge in [0.05, 0.1) is 18.4 Å². The fraction of sp³-hybridized carbons (Fsp3) is 0.286. The molecule has 3 rings (SSSR count). The van der Waals surface area contributed by atoms with Gasteiger partial charge in [-0.15, -0.1) is 0 Å². The molecule has 1 saturated heterocycles. The molecule has 3 N–H and O–H groups in total. The number of hydrogen-bond donors (Lipinski definition) is 3. The van der Waals surface area contributed by atoms with Crippen LogP contribution in [0.3, 0.4) is 0 Å². The highest BCUT2D eigenvalue weighted by molar-refractivity contribution is 5.97. The first-order valence-electron chi connectivity index (χ1n) is 9.33. The van der Waals surface area contributed by atoms with E-state index >= 15 is 0 Å². The molecular weight excluding hydrogens is 374 g/mol. The lowest BCUT2D eigenvalue weighted by Crippen LogP contribution is -2.35. The maximum Gasteiger partial charge on any atom is 0.335 e. The van der Waals surface area contributed by atoms with Gasteiger partial charge in [-0.1, -0.05) is 12.1 Å². The highest BCUT2D eigenvalue weighted by Crippen LogP contribution is 2.33. The molecule has 0 aliphatic carbocycles. The van der Waals surface area contributed by atoms with Crippen LogP contribution >= 0.6 is 0 Å². The quantitative estimate of drug-likeness (QED) is 0.694. The Hall–Kier alpha value is -3.55. The maximum absolute atomic E-state index is 12.3. The largest absolute Gasteiger partial charge is 0.495 e. The van der Waals surface area contributed by atoms with Gasteiger partial charge in [0.2, 0.25) is 5.91 Å². The van der Waals surface area contributed by atoms with Crippen LogP contribution in [0.4, 0.5) is 16.2 Å². The number of carbonyl (C=O) groups is 3. The van der Waals surface area contributed by atoms with E-state index in [0.717, 1.165) is 18.4 Å². The number of carboxylic acids is 1. The molecule has 1 aliphatic rings. The Morgan fingerprint density at radius 3 is 2.55 bits per heavy atom. The molecule has 1 aliphatic heterocycles. The minimum absolute atomic E-state index is 0.0426. The lowest BCUT2D eigenvalue weighted by atomic mass is 10.1. The number of urea groups is 1. The van der Waals surface area contributed by atoms with E-state index in [4.69, 9.17) is 9.84 Å². The normalized spacial score (nSPS) is 13.7. The molecule has 8 heteroatoms. The zero-order chi connectivity index (χ0) is 20.8. The molecular formula is C21H23N3O5. The minimum Gasteiger partial charge on any atom is -0.495 e. The SMILES string of the molecule is COc1ccc(NC(=O)NCc2ccc(C(=O)O)cc2)cc1N1CCCCC1=O. The van der Waals surface area contributed by atoms with Crippen molar-refractivity contribution in [3.05, 3.63) is 53.6 Å². The number of rotatable bonds is 6. The van der Waals surface area contributed by atoms with Gasteiger partial charge in [0, 0.05) is 25.2 Å². The fourth-order valence-corrected chi connectivity index (χ4v) is 3.16. The molecule has 0 atom stereocenters. The zero-order valence-corrected chi connectivity index (χ0v) is 16.1. The number of aromatic carboxylic acids is 1. The van der Waals surface area contributed by atoms with Gasteiger partial charge in [0.25, 0.3) is 0 Å². The average molecular weight is 397 g/mol. The van der Waals surface area contributed by atoms with E-state index < -0.39 is 12.0 Å². The third kappa shape index (κ3) is 5.04. The number of amides is 3. The molecule has 0 saturated carbocycles. The van der Waals surface area contributed by atoms with Crippen molar-refractivity contribution >= 4 is 29.3 Å². The Bertz CT molecular complexity index is 911. The monoisotopic (exact) mass is 397 g/mol. The predicted octanol–water partition coefficient (Wildman–Crippen LogP) is 3.23. The summed E-state index contributed by atoms with van der Waals surface area (Å²) in [7, 11) is 1.54. The van der Waals surface area contributed by atoms with Gasteiger partial charge in [-0.3, -0.25) is 4.79 Å². The maximum atomic E-state index is 12.3. The number of ether oxygens (including phenoxy) is 1. The topological polar surface area (TPSA) is 108 Å². The van der Waals surface area contributed by atoms with Crippen LogP contribution in [0.15, 0.2) is 42.5 Å². The van der Waals surface area contributed by atoms with Crippen LogP contribution in [0, 0.1) is 0 Å². The van der Waals surface area contributed by atoms with E-state index in [-0.39, 0.29) is 18.0 Å². The van der Waals surface area contributed by atoms with Crippen LogP contribution in [-0.4, -0.2) is 36.7 Å². The number of carboxylic acid groups (broad SMARTS) is 1. The smallest absolute Gasteiger partial charge is 0.335 e. The second-order valence-electron chi connectivity index (χ2n) is 6.70. The summed E-state index contributed by atoms with van der Waals surface area (Å²) in [6.45, 7) is 0.872. The number of carbonyl (C=O) groups excluding carboxylic acids is 2. The summed E-state index contributed by atoms with van der Waals surface area (Å²) >= 11 is 0. The van der Waals surface area contributed by atoms with Crippen molar-refractivity contribution in [2.45, 2.75) is 25.8 Å². The van der Waals surface area contributed by atoms with E-state index in [1.807, 2.05) is 0 Å². The first kappa shape index (κ1) is 20.2. The van der Waals surface area contributed by atoms with Gasteiger partial charge in [-0.05, 0) is 48.7 Å². The Kier molecular flexibility index (Phi) is 6.33. The first-order valence-corrected chi connectivity index (χ1v) is 9.33. The zero-order valence-electron chi connectivity index (χ0n) is 16.1. The van der Waals surface area contributed by atoms with E-state index in [1.54, 1.807) is 42.3 Å². The Morgan fingerprint density at radius 2 is 1.90 bits per heavy atom. The summed E-state index contributed by atoms with van der Waals surface area (Å²) in [5.74, 6) is -0.379. The van der Waals surface area contributed by atoms with Crippen molar-refractivity contribution in [1.29, 1.82) is 0 Å². The first-order chi connectivity index (χ1) is 14.0. The van der Waals surface area contributed by atoms with Gasteiger partial charge >= 0.3 is 12.0 Å². The van der Waals surface area contributed by atoms with Crippen molar-refractivity contribution in [2.24, 2.45) is 0 Å². The average Bonchev–Trinajstić information content (AvgIpc) is 2.73. The van der Waals surface area contributed by atoms with Gasteiger partial charge in [0.1, 0.15) is 5.75 Å². The molecule has 0 spiro atoms.